The molecule has 3 atom stereocenters. The molecule has 1 N–H and O–H groups in total. The molecular weight excluding hydrogens is 236 g/mol. The lowest BCUT2D eigenvalue weighted by atomic mass is 9.93. The lowest BCUT2D eigenvalue weighted by molar-refractivity contribution is -0.135. The van der Waals surface area contributed by atoms with Crippen molar-refractivity contribution in [2.24, 2.45) is 17.3 Å². The Bertz CT molecular complexity index is 319. The molecule has 0 spiro atoms. The summed E-state index contributed by atoms with van der Waals surface area (Å²) in [6.07, 6.45) is 3.50. The van der Waals surface area contributed by atoms with E-state index in [-0.39, 0.29) is 17.8 Å². The highest BCUT2D eigenvalue weighted by molar-refractivity contribution is 5.85. The molecule has 4 heteroatoms. The molecule has 98 valence electrons. The van der Waals surface area contributed by atoms with Crippen LogP contribution in [0.15, 0.2) is 0 Å². The smallest absolute Gasteiger partial charge is 0.226 e. The van der Waals surface area contributed by atoms with Crippen molar-refractivity contribution in [2.75, 3.05) is 19.6 Å². The van der Waals surface area contributed by atoms with Crippen LogP contribution in [0.25, 0.3) is 0 Å². The molecule has 3 nitrogen and oxygen atoms in total. The first-order chi connectivity index (χ1) is 7.58. The maximum absolute atomic E-state index is 12.3. The van der Waals surface area contributed by atoms with E-state index in [2.05, 4.69) is 24.1 Å². The first-order valence-electron chi connectivity index (χ1n) is 6.60. The third-order valence-electron chi connectivity index (χ3n) is 4.78. The summed E-state index contributed by atoms with van der Waals surface area (Å²) in [5.74, 6) is 1.47. The van der Waals surface area contributed by atoms with E-state index in [1.165, 1.54) is 6.42 Å². The average Bonchev–Trinajstić information content (AvgIpc) is 2.72. The van der Waals surface area contributed by atoms with Crippen molar-refractivity contribution in [1.82, 2.24) is 10.2 Å². The predicted octanol–water partition coefficient (Wildman–Crippen LogP) is 1.66. The number of rotatable bonds is 1. The summed E-state index contributed by atoms with van der Waals surface area (Å²) in [5.41, 5.74) is 0.280. The van der Waals surface area contributed by atoms with Gasteiger partial charge in [0, 0.05) is 25.0 Å². The fraction of sp³-hybridized carbons (Fsp3) is 0.923. The van der Waals surface area contributed by atoms with E-state index in [1.807, 2.05) is 0 Å². The summed E-state index contributed by atoms with van der Waals surface area (Å²) in [5, 5.41) is 3.54. The molecule has 1 aliphatic carbocycles. The van der Waals surface area contributed by atoms with Gasteiger partial charge in [-0.2, -0.15) is 0 Å². The van der Waals surface area contributed by atoms with E-state index in [4.69, 9.17) is 0 Å². The maximum atomic E-state index is 12.3. The number of hydrogen-bond acceptors (Lipinski definition) is 2. The van der Waals surface area contributed by atoms with Crippen LogP contribution in [-0.4, -0.2) is 36.5 Å². The van der Waals surface area contributed by atoms with Gasteiger partial charge in [0.25, 0.3) is 0 Å². The largest absolute Gasteiger partial charge is 0.342 e. The summed E-state index contributed by atoms with van der Waals surface area (Å²) >= 11 is 0. The fourth-order valence-electron chi connectivity index (χ4n) is 3.36. The van der Waals surface area contributed by atoms with Crippen molar-refractivity contribution in [3.05, 3.63) is 0 Å². The number of amides is 1. The van der Waals surface area contributed by atoms with Gasteiger partial charge in [0.15, 0.2) is 0 Å². The SMILES string of the molecule is CC1(C)CC1C(=O)N1CCC2NCCC2C1.Cl. The van der Waals surface area contributed by atoms with E-state index >= 15 is 0 Å². The standard InChI is InChI=1S/C13H22N2O.ClH/c1-13(2)7-10(13)12(16)15-6-4-11-9(8-15)3-5-14-11;/h9-11,14H,3-8H2,1-2H3;1H. The minimum Gasteiger partial charge on any atom is -0.342 e. The van der Waals surface area contributed by atoms with Crippen molar-refractivity contribution in [3.63, 3.8) is 0 Å². The van der Waals surface area contributed by atoms with Gasteiger partial charge in [0.05, 0.1) is 0 Å². The number of halogens is 1. The molecule has 2 aliphatic heterocycles. The first-order valence-corrected chi connectivity index (χ1v) is 6.60. The Morgan fingerprint density at radius 3 is 2.71 bits per heavy atom. The maximum Gasteiger partial charge on any atom is 0.226 e. The highest BCUT2D eigenvalue weighted by Crippen LogP contribution is 2.52. The minimum atomic E-state index is 0. The van der Waals surface area contributed by atoms with Crippen LogP contribution in [0.4, 0.5) is 0 Å². The van der Waals surface area contributed by atoms with Gasteiger partial charge < -0.3 is 10.2 Å². The Hall–Kier alpha value is -0.280. The molecule has 17 heavy (non-hydrogen) atoms. The van der Waals surface area contributed by atoms with E-state index < -0.39 is 0 Å². The van der Waals surface area contributed by atoms with Gasteiger partial charge >= 0.3 is 0 Å². The second kappa shape index (κ2) is 4.43. The van der Waals surface area contributed by atoms with Crippen molar-refractivity contribution >= 4 is 18.3 Å². The Morgan fingerprint density at radius 2 is 2.06 bits per heavy atom. The van der Waals surface area contributed by atoms with Crippen LogP contribution in [0.3, 0.4) is 0 Å². The molecule has 3 unspecified atom stereocenters. The van der Waals surface area contributed by atoms with E-state index in [0.29, 0.717) is 17.9 Å². The number of fused-ring (bicyclic) bond motifs is 1. The van der Waals surface area contributed by atoms with Gasteiger partial charge in [0.2, 0.25) is 5.91 Å². The number of hydrogen-bond donors (Lipinski definition) is 1. The second-order valence-electron chi connectivity index (χ2n) is 6.43. The molecular formula is C13H23ClN2O. The molecule has 0 aromatic rings. The van der Waals surface area contributed by atoms with Crippen LogP contribution in [0, 0.1) is 17.3 Å². The second-order valence-corrected chi connectivity index (χ2v) is 6.43. The topological polar surface area (TPSA) is 32.3 Å². The quantitative estimate of drug-likeness (QED) is 0.776. The molecule has 3 fully saturated rings. The predicted molar refractivity (Wildman–Crippen MR) is 70.2 cm³/mol. The summed E-state index contributed by atoms with van der Waals surface area (Å²) in [6, 6.07) is 0.691. The third-order valence-corrected chi connectivity index (χ3v) is 4.78. The van der Waals surface area contributed by atoms with Crippen LogP contribution < -0.4 is 5.32 Å². The molecule has 0 aromatic heterocycles. The zero-order chi connectivity index (χ0) is 11.3. The molecule has 2 saturated heterocycles. The Balaban J connectivity index is 0.00000108. The number of nitrogens with zero attached hydrogens (tertiary/aromatic N) is 1. The molecule has 0 aromatic carbocycles. The van der Waals surface area contributed by atoms with Gasteiger partial charge in [-0.15, -0.1) is 12.4 Å². The molecule has 3 aliphatic rings. The lowest BCUT2D eigenvalue weighted by Crippen LogP contribution is -2.47. The third kappa shape index (κ3) is 2.32. The number of carbonyl (C=O) groups excluding carboxylic acids is 1. The average molecular weight is 259 g/mol. The highest BCUT2D eigenvalue weighted by Gasteiger charge is 2.52. The monoisotopic (exact) mass is 258 g/mol. The van der Waals surface area contributed by atoms with Gasteiger partial charge in [-0.05, 0) is 37.1 Å². The fourth-order valence-corrected chi connectivity index (χ4v) is 3.36. The zero-order valence-corrected chi connectivity index (χ0v) is 11.6. The number of piperidine rings is 1. The van der Waals surface area contributed by atoms with Gasteiger partial charge in [-0.1, -0.05) is 13.8 Å². The van der Waals surface area contributed by atoms with E-state index in [9.17, 15) is 4.79 Å². The normalized spacial score (nSPS) is 38.2. The lowest BCUT2D eigenvalue weighted by Gasteiger charge is -2.35. The molecule has 1 amide bonds. The van der Waals surface area contributed by atoms with Crippen LogP contribution in [0.1, 0.15) is 33.1 Å². The summed E-state index contributed by atoms with van der Waals surface area (Å²) in [6.45, 7) is 7.54. The highest BCUT2D eigenvalue weighted by atomic mass is 35.5. The van der Waals surface area contributed by atoms with Crippen LogP contribution >= 0.6 is 12.4 Å². The van der Waals surface area contributed by atoms with Crippen LogP contribution in [0.5, 0.6) is 0 Å². The van der Waals surface area contributed by atoms with Crippen molar-refractivity contribution in [2.45, 2.75) is 39.2 Å². The number of nitrogens with one attached hydrogen (secondary N) is 1. The van der Waals surface area contributed by atoms with Gasteiger partial charge in [-0.25, -0.2) is 0 Å². The summed E-state index contributed by atoms with van der Waals surface area (Å²) in [4.78, 5) is 14.4. The number of carbonyl (C=O) groups is 1. The van der Waals surface area contributed by atoms with Crippen LogP contribution in [0.2, 0.25) is 0 Å². The molecule has 3 rings (SSSR count). The summed E-state index contributed by atoms with van der Waals surface area (Å²) < 4.78 is 0. The molecule has 2 heterocycles. The molecule has 1 saturated carbocycles. The minimum absolute atomic E-state index is 0. The number of likely N-dealkylation sites (tertiary alicyclic amines) is 1. The van der Waals surface area contributed by atoms with E-state index in [0.717, 1.165) is 38.4 Å². The van der Waals surface area contributed by atoms with Gasteiger partial charge in [0.1, 0.15) is 0 Å². The first kappa shape index (κ1) is 13.2. The summed E-state index contributed by atoms with van der Waals surface area (Å²) in [7, 11) is 0. The van der Waals surface area contributed by atoms with Crippen molar-refractivity contribution in [3.8, 4) is 0 Å². The Labute approximate surface area is 110 Å². The van der Waals surface area contributed by atoms with Crippen molar-refractivity contribution in [1.29, 1.82) is 0 Å². The van der Waals surface area contributed by atoms with Crippen molar-refractivity contribution < 1.29 is 4.79 Å². The van der Waals surface area contributed by atoms with Gasteiger partial charge in [-0.3, -0.25) is 4.79 Å². The van der Waals surface area contributed by atoms with E-state index in [1.54, 1.807) is 0 Å². The Kier molecular flexibility index (Phi) is 3.43. The van der Waals surface area contributed by atoms with Crippen LogP contribution in [-0.2, 0) is 4.79 Å². The molecule has 0 bridgehead atoms. The Morgan fingerprint density at radius 1 is 1.35 bits per heavy atom. The zero-order valence-electron chi connectivity index (χ0n) is 10.7. The molecule has 0 radical (unpaired) electrons.